The molecule has 3 aromatic carbocycles. The van der Waals surface area contributed by atoms with Crippen LogP contribution in [0.1, 0.15) is 29.2 Å². The lowest BCUT2D eigenvalue weighted by molar-refractivity contribution is -0.122. The zero-order valence-electron chi connectivity index (χ0n) is 20.7. The van der Waals surface area contributed by atoms with Gasteiger partial charge >= 0.3 is 6.03 Å². The molecule has 1 aliphatic heterocycles. The fraction of sp³-hybridized carbons (Fsp3) is 0.179. The van der Waals surface area contributed by atoms with Crippen molar-refractivity contribution in [1.29, 1.82) is 0 Å². The van der Waals surface area contributed by atoms with Crippen LogP contribution in [0.15, 0.2) is 58.6 Å². The van der Waals surface area contributed by atoms with E-state index < -0.39 is 17.8 Å². The molecule has 1 N–H and O–H groups in total. The summed E-state index contributed by atoms with van der Waals surface area (Å²) in [4.78, 5) is 39.5. The van der Waals surface area contributed by atoms with E-state index in [0.717, 1.165) is 21.6 Å². The molecule has 38 heavy (non-hydrogen) atoms. The van der Waals surface area contributed by atoms with Crippen LogP contribution in [0, 0.1) is 13.8 Å². The third kappa shape index (κ3) is 5.88. The molecule has 0 saturated carbocycles. The Labute approximate surface area is 238 Å². The summed E-state index contributed by atoms with van der Waals surface area (Å²) in [6.07, 6.45) is 1.41. The number of ether oxygens (including phenoxy) is 2. The average molecular weight is 618 g/mol. The van der Waals surface area contributed by atoms with Gasteiger partial charge in [-0.15, -0.1) is 0 Å². The van der Waals surface area contributed by atoms with Gasteiger partial charge in [-0.1, -0.05) is 51.3 Å². The molecule has 1 aliphatic rings. The minimum Gasteiger partial charge on any atom is -0.490 e. The molecule has 0 spiro atoms. The summed E-state index contributed by atoms with van der Waals surface area (Å²) < 4.78 is 12.3. The Morgan fingerprint density at radius 3 is 2.34 bits per heavy atom. The first-order valence-corrected chi connectivity index (χ1v) is 13.2. The van der Waals surface area contributed by atoms with Gasteiger partial charge in [0.05, 0.1) is 22.3 Å². The van der Waals surface area contributed by atoms with E-state index in [2.05, 4.69) is 21.2 Å². The number of aryl methyl sites for hydroxylation is 2. The summed E-state index contributed by atoms with van der Waals surface area (Å²) in [6.45, 7) is 6.20. The third-order valence-electron chi connectivity index (χ3n) is 5.89. The number of imide groups is 2. The lowest BCUT2D eigenvalue weighted by atomic mass is 10.0. The van der Waals surface area contributed by atoms with Gasteiger partial charge in [0.2, 0.25) is 0 Å². The summed E-state index contributed by atoms with van der Waals surface area (Å²) in [5.41, 5.74) is 3.39. The highest BCUT2D eigenvalue weighted by molar-refractivity contribution is 9.10. The summed E-state index contributed by atoms with van der Waals surface area (Å²) in [7, 11) is 0. The van der Waals surface area contributed by atoms with Crippen molar-refractivity contribution in [3.05, 3.63) is 90.9 Å². The summed E-state index contributed by atoms with van der Waals surface area (Å²) in [5.74, 6) is -0.664. The maximum atomic E-state index is 13.3. The molecule has 0 radical (unpaired) electrons. The zero-order valence-corrected chi connectivity index (χ0v) is 23.8. The standard InChI is InChI=1S/C28H23BrCl2N2O5/c1-4-37-24-12-18(21(29)13-25(24)38-14-17-6-8-22(30)23(31)10-17)11-20-26(34)32-28(36)33(27(20)35)19-7-5-15(2)16(3)9-19/h5-13H,4,14H2,1-3H3,(H,32,34,36)/b20-11+. The van der Waals surface area contributed by atoms with Crippen molar-refractivity contribution < 1.29 is 23.9 Å². The predicted molar refractivity (Wildman–Crippen MR) is 151 cm³/mol. The molecule has 1 saturated heterocycles. The molecule has 3 aromatic rings. The second-order valence-corrected chi connectivity index (χ2v) is 10.2. The molecular weight excluding hydrogens is 595 g/mol. The minimum atomic E-state index is -0.805. The summed E-state index contributed by atoms with van der Waals surface area (Å²) >= 11 is 15.6. The topological polar surface area (TPSA) is 84.9 Å². The van der Waals surface area contributed by atoms with E-state index in [1.54, 1.807) is 42.5 Å². The van der Waals surface area contributed by atoms with Crippen molar-refractivity contribution in [2.45, 2.75) is 27.4 Å². The molecule has 4 amide bonds. The van der Waals surface area contributed by atoms with E-state index in [-0.39, 0.29) is 12.2 Å². The van der Waals surface area contributed by atoms with Crippen LogP contribution in [-0.4, -0.2) is 24.5 Å². The molecule has 1 heterocycles. The first-order chi connectivity index (χ1) is 18.1. The molecule has 0 aliphatic carbocycles. The van der Waals surface area contributed by atoms with Crippen molar-refractivity contribution in [2.24, 2.45) is 0 Å². The number of rotatable bonds is 7. The molecule has 0 aromatic heterocycles. The van der Waals surface area contributed by atoms with Crippen LogP contribution < -0.4 is 19.7 Å². The van der Waals surface area contributed by atoms with Crippen molar-refractivity contribution in [2.75, 3.05) is 11.5 Å². The van der Waals surface area contributed by atoms with Crippen LogP contribution in [0.2, 0.25) is 10.0 Å². The maximum absolute atomic E-state index is 13.3. The SMILES string of the molecule is CCOc1cc(/C=C2\C(=O)NC(=O)N(c3ccc(C)c(C)c3)C2=O)c(Br)cc1OCc1ccc(Cl)c(Cl)c1. The summed E-state index contributed by atoms with van der Waals surface area (Å²) in [6, 6.07) is 12.9. The van der Waals surface area contributed by atoms with Crippen LogP contribution in [0.4, 0.5) is 10.5 Å². The number of nitrogens with zero attached hydrogens (tertiary/aromatic N) is 1. The molecule has 0 atom stereocenters. The Kier molecular flexibility index (Phi) is 8.45. The van der Waals surface area contributed by atoms with Crippen LogP contribution in [-0.2, 0) is 16.2 Å². The molecule has 7 nitrogen and oxygen atoms in total. The Bertz CT molecular complexity index is 1490. The fourth-order valence-electron chi connectivity index (χ4n) is 3.75. The van der Waals surface area contributed by atoms with Gasteiger partial charge in [0.1, 0.15) is 12.2 Å². The Balaban J connectivity index is 1.66. The monoisotopic (exact) mass is 616 g/mol. The van der Waals surface area contributed by atoms with Gasteiger partial charge in [-0.25, -0.2) is 9.69 Å². The number of urea groups is 1. The zero-order chi connectivity index (χ0) is 27.6. The second kappa shape index (κ2) is 11.6. The van der Waals surface area contributed by atoms with Gasteiger partial charge in [0, 0.05) is 4.47 Å². The van der Waals surface area contributed by atoms with Gasteiger partial charge in [-0.3, -0.25) is 14.9 Å². The maximum Gasteiger partial charge on any atom is 0.335 e. The van der Waals surface area contributed by atoms with E-state index in [1.807, 2.05) is 26.8 Å². The number of anilines is 1. The van der Waals surface area contributed by atoms with Crippen molar-refractivity contribution in [3.8, 4) is 11.5 Å². The smallest absolute Gasteiger partial charge is 0.335 e. The van der Waals surface area contributed by atoms with E-state index >= 15 is 0 Å². The van der Waals surface area contributed by atoms with E-state index in [1.165, 1.54) is 6.08 Å². The van der Waals surface area contributed by atoms with Gasteiger partial charge < -0.3 is 9.47 Å². The number of hydrogen-bond donors (Lipinski definition) is 1. The van der Waals surface area contributed by atoms with Gasteiger partial charge in [-0.05, 0) is 85.5 Å². The van der Waals surface area contributed by atoms with Crippen molar-refractivity contribution >= 4 is 68.7 Å². The van der Waals surface area contributed by atoms with Gasteiger partial charge in [0.25, 0.3) is 11.8 Å². The Morgan fingerprint density at radius 2 is 1.66 bits per heavy atom. The van der Waals surface area contributed by atoms with Crippen LogP contribution in [0.3, 0.4) is 0 Å². The summed E-state index contributed by atoms with van der Waals surface area (Å²) in [5, 5.41) is 3.12. The predicted octanol–water partition coefficient (Wildman–Crippen LogP) is 7.02. The number of hydrogen-bond acceptors (Lipinski definition) is 5. The van der Waals surface area contributed by atoms with Crippen molar-refractivity contribution in [3.63, 3.8) is 0 Å². The highest BCUT2D eigenvalue weighted by Crippen LogP contribution is 2.36. The quantitative estimate of drug-likeness (QED) is 0.228. The number of carbonyl (C=O) groups is 3. The molecule has 10 heteroatoms. The van der Waals surface area contributed by atoms with Crippen LogP contribution in [0.25, 0.3) is 6.08 Å². The van der Waals surface area contributed by atoms with E-state index in [0.29, 0.717) is 43.9 Å². The van der Waals surface area contributed by atoms with E-state index in [9.17, 15) is 14.4 Å². The minimum absolute atomic E-state index is 0.199. The number of amides is 4. The lowest BCUT2D eigenvalue weighted by Crippen LogP contribution is -2.54. The Hall–Kier alpha value is -3.33. The number of carbonyl (C=O) groups excluding carboxylic acids is 3. The molecule has 196 valence electrons. The largest absolute Gasteiger partial charge is 0.490 e. The molecule has 0 bridgehead atoms. The fourth-order valence-corrected chi connectivity index (χ4v) is 4.50. The van der Waals surface area contributed by atoms with Gasteiger partial charge in [0.15, 0.2) is 11.5 Å². The molecule has 0 unspecified atom stereocenters. The van der Waals surface area contributed by atoms with E-state index in [4.69, 9.17) is 32.7 Å². The highest BCUT2D eigenvalue weighted by Gasteiger charge is 2.37. The van der Waals surface area contributed by atoms with Crippen molar-refractivity contribution in [1.82, 2.24) is 5.32 Å². The molecule has 1 fully saturated rings. The third-order valence-corrected chi connectivity index (χ3v) is 7.32. The second-order valence-electron chi connectivity index (χ2n) is 8.52. The first-order valence-electron chi connectivity index (χ1n) is 11.6. The van der Waals surface area contributed by atoms with Gasteiger partial charge in [-0.2, -0.15) is 0 Å². The highest BCUT2D eigenvalue weighted by atomic mass is 79.9. The van der Waals surface area contributed by atoms with Crippen LogP contribution >= 0.6 is 39.1 Å². The first kappa shape index (κ1) is 27.7. The average Bonchev–Trinajstić information content (AvgIpc) is 2.86. The lowest BCUT2D eigenvalue weighted by Gasteiger charge is -2.27. The number of halogens is 3. The normalized spacial score (nSPS) is 14.6. The Morgan fingerprint density at radius 1 is 0.921 bits per heavy atom. The molecular formula is C28H23BrCl2N2O5. The number of barbiturate groups is 1. The number of nitrogens with one attached hydrogen (secondary N) is 1. The molecule has 4 rings (SSSR count). The number of benzene rings is 3. The van der Waals surface area contributed by atoms with Crippen LogP contribution in [0.5, 0.6) is 11.5 Å².